The lowest BCUT2D eigenvalue weighted by Crippen LogP contribution is -2.08. The maximum Gasteiger partial charge on any atom is 0.171 e. The van der Waals surface area contributed by atoms with Crippen molar-refractivity contribution in [2.45, 2.75) is 33.4 Å². The molecule has 0 unspecified atom stereocenters. The van der Waals surface area contributed by atoms with Crippen molar-refractivity contribution in [1.82, 2.24) is 24.8 Å². The molecule has 0 aromatic carbocycles. The van der Waals surface area contributed by atoms with Gasteiger partial charge in [0.15, 0.2) is 6.29 Å². The van der Waals surface area contributed by atoms with E-state index in [1.54, 1.807) is 10.9 Å². The van der Waals surface area contributed by atoms with Gasteiger partial charge in [0.25, 0.3) is 0 Å². The smallest absolute Gasteiger partial charge is 0.171 e. The Labute approximate surface area is 99.2 Å². The van der Waals surface area contributed by atoms with Gasteiger partial charge in [-0.05, 0) is 19.4 Å². The average Bonchev–Trinajstić information content (AvgIpc) is 2.95. The highest BCUT2D eigenvalue weighted by atomic mass is 16.1. The van der Waals surface area contributed by atoms with Crippen molar-refractivity contribution in [3.8, 4) is 0 Å². The molecule has 2 rings (SSSR count). The highest BCUT2D eigenvalue weighted by molar-refractivity contribution is 5.70. The fraction of sp³-hybridized carbons (Fsp3) is 0.455. The van der Waals surface area contributed by atoms with Gasteiger partial charge < -0.3 is 0 Å². The zero-order valence-corrected chi connectivity index (χ0v) is 10.00. The van der Waals surface area contributed by atoms with Crippen LogP contribution in [0.3, 0.4) is 0 Å². The van der Waals surface area contributed by atoms with E-state index in [4.69, 9.17) is 0 Å². The minimum Gasteiger partial charge on any atom is -0.296 e. The van der Waals surface area contributed by atoms with Crippen LogP contribution >= 0.6 is 0 Å². The summed E-state index contributed by atoms with van der Waals surface area (Å²) in [5.41, 5.74) is 2.49. The minimum atomic E-state index is 0.350. The molecule has 0 saturated carbocycles. The second-order valence-corrected chi connectivity index (χ2v) is 3.76. The van der Waals surface area contributed by atoms with E-state index in [1.807, 2.05) is 11.6 Å². The Morgan fingerprint density at radius 1 is 1.41 bits per heavy atom. The first-order chi connectivity index (χ1) is 8.26. The molecule has 6 heteroatoms. The third-order valence-electron chi connectivity index (χ3n) is 2.58. The van der Waals surface area contributed by atoms with Crippen LogP contribution in [0.25, 0.3) is 0 Å². The highest BCUT2D eigenvalue weighted by Gasteiger charge is 2.07. The predicted octanol–water partition coefficient (Wildman–Crippen LogP) is 0.918. The first-order valence-electron chi connectivity index (χ1n) is 5.67. The van der Waals surface area contributed by atoms with Crippen LogP contribution < -0.4 is 0 Å². The Bertz CT molecular complexity index is 514. The molecule has 17 heavy (non-hydrogen) atoms. The molecule has 90 valence electrons. The number of carbonyl (C=O) groups is 1. The van der Waals surface area contributed by atoms with Gasteiger partial charge in [0.05, 0.1) is 24.1 Å². The molecule has 0 saturated heterocycles. The summed E-state index contributed by atoms with van der Waals surface area (Å²) >= 11 is 0. The number of carbonyl (C=O) groups excluding carboxylic acids is 1. The molecule has 0 aliphatic carbocycles. The Balaban J connectivity index is 2.22. The first kappa shape index (κ1) is 11.5. The van der Waals surface area contributed by atoms with Crippen molar-refractivity contribution in [1.29, 1.82) is 0 Å². The fourth-order valence-corrected chi connectivity index (χ4v) is 1.70. The Kier molecular flexibility index (Phi) is 3.32. The number of aromatic nitrogens is 5. The molecule has 2 aromatic rings. The molecule has 0 aliphatic heterocycles. The summed E-state index contributed by atoms with van der Waals surface area (Å²) in [6.07, 6.45) is 3.24. The molecule has 0 radical (unpaired) electrons. The van der Waals surface area contributed by atoms with Gasteiger partial charge in [-0.1, -0.05) is 12.1 Å². The number of nitrogens with zero attached hydrogens (tertiary/aromatic N) is 5. The zero-order chi connectivity index (χ0) is 12.3. The highest BCUT2D eigenvalue weighted by Crippen LogP contribution is 2.07. The number of hydrogen-bond donors (Lipinski definition) is 0. The molecule has 0 amide bonds. The summed E-state index contributed by atoms with van der Waals surface area (Å²) < 4.78 is 3.59. The summed E-state index contributed by atoms with van der Waals surface area (Å²) in [6, 6.07) is 2.06. The van der Waals surface area contributed by atoms with E-state index in [9.17, 15) is 4.79 Å². The fourth-order valence-electron chi connectivity index (χ4n) is 1.70. The molecule has 6 nitrogen and oxygen atoms in total. The van der Waals surface area contributed by atoms with Gasteiger partial charge in [-0.25, -0.2) is 4.68 Å². The Hall–Kier alpha value is -1.98. The normalized spacial score (nSPS) is 10.7. The largest absolute Gasteiger partial charge is 0.296 e. The average molecular weight is 233 g/mol. The molecular formula is C11H15N5O. The van der Waals surface area contributed by atoms with Gasteiger partial charge in [-0.3, -0.25) is 9.48 Å². The van der Waals surface area contributed by atoms with Crippen LogP contribution in [0, 0.1) is 0 Å². The van der Waals surface area contributed by atoms with Crippen molar-refractivity contribution < 1.29 is 4.79 Å². The summed E-state index contributed by atoms with van der Waals surface area (Å²) in [6.45, 7) is 5.53. The van der Waals surface area contributed by atoms with E-state index in [1.165, 1.54) is 0 Å². The molecule has 0 bridgehead atoms. The summed E-state index contributed by atoms with van der Waals surface area (Å²) in [5, 5.41) is 12.1. The molecule has 0 aliphatic rings. The van der Waals surface area contributed by atoms with E-state index in [2.05, 4.69) is 28.4 Å². The van der Waals surface area contributed by atoms with Crippen LogP contribution in [-0.2, 0) is 19.5 Å². The monoisotopic (exact) mass is 233 g/mol. The molecular weight excluding hydrogens is 218 g/mol. The Morgan fingerprint density at radius 3 is 2.82 bits per heavy atom. The van der Waals surface area contributed by atoms with Crippen LogP contribution in [0.2, 0.25) is 0 Å². The third kappa shape index (κ3) is 2.41. The Morgan fingerprint density at radius 2 is 2.24 bits per heavy atom. The van der Waals surface area contributed by atoms with Crippen molar-refractivity contribution >= 4 is 6.29 Å². The number of hydrogen-bond acceptors (Lipinski definition) is 4. The van der Waals surface area contributed by atoms with E-state index in [-0.39, 0.29) is 0 Å². The van der Waals surface area contributed by atoms with Crippen molar-refractivity contribution in [2.75, 3.05) is 0 Å². The standard InChI is InChI=1S/C11H15N5O/c1-3-9-5-11(16(4-2)13-9)7-15-6-10(8-17)12-14-15/h5-6,8H,3-4,7H2,1-2H3. The second kappa shape index (κ2) is 4.90. The molecule has 0 spiro atoms. The zero-order valence-electron chi connectivity index (χ0n) is 10.00. The van der Waals surface area contributed by atoms with E-state index < -0.39 is 0 Å². The quantitative estimate of drug-likeness (QED) is 0.720. The van der Waals surface area contributed by atoms with Crippen LogP contribution in [-0.4, -0.2) is 31.1 Å². The third-order valence-corrected chi connectivity index (χ3v) is 2.58. The van der Waals surface area contributed by atoms with Gasteiger partial charge in [0.2, 0.25) is 0 Å². The van der Waals surface area contributed by atoms with Gasteiger partial charge in [-0.2, -0.15) is 5.10 Å². The van der Waals surface area contributed by atoms with Gasteiger partial charge in [0.1, 0.15) is 5.69 Å². The van der Waals surface area contributed by atoms with Crippen LogP contribution in [0.5, 0.6) is 0 Å². The topological polar surface area (TPSA) is 65.6 Å². The molecule has 0 N–H and O–H groups in total. The minimum absolute atomic E-state index is 0.350. The SMILES string of the molecule is CCc1cc(Cn2cc(C=O)nn2)n(CC)n1. The van der Waals surface area contributed by atoms with Crippen LogP contribution in [0.15, 0.2) is 12.3 Å². The maximum atomic E-state index is 10.5. The molecule has 2 heterocycles. The van der Waals surface area contributed by atoms with Crippen LogP contribution in [0.4, 0.5) is 0 Å². The second-order valence-electron chi connectivity index (χ2n) is 3.76. The molecule has 2 aromatic heterocycles. The van der Waals surface area contributed by atoms with Crippen molar-refractivity contribution in [3.05, 3.63) is 29.3 Å². The summed E-state index contributed by atoms with van der Waals surface area (Å²) in [7, 11) is 0. The van der Waals surface area contributed by atoms with Gasteiger partial charge in [-0.15, -0.1) is 5.10 Å². The van der Waals surface area contributed by atoms with Crippen molar-refractivity contribution in [3.63, 3.8) is 0 Å². The lowest BCUT2D eigenvalue weighted by Gasteiger charge is -2.03. The van der Waals surface area contributed by atoms with Gasteiger partial charge >= 0.3 is 0 Å². The van der Waals surface area contributed by atoms with E-state index in [0.29, 0.717) is 18.5 Å². The summed E-state index contributed by atoms with van der Waals surface area (Å²) in [4.78, 5) is 10.5. The number of aryl methyl sites for hydroxylation is 2. The lowest BCUT2D eigenvalue weighted by molar-refractivity contribution is 0.111. The van der Waals surface area contributed by atoms with E-state index >= 15 is 0 Å². The molecule has 0 atom stereocenters. The lowest BCUT2D eigenvalue weighted by atomic mass is 10.3. The van der Waals surface area contributed by atoms with Crippen LogP contribution in [0.1, 0.15) is 35.7 Å². The molecule has 0 fully saturated rings. The first-order valence-corrected chi connectivity index (χ1v) is 5.67. The number of rotatable bonds is 5. The summed E-state index contributed by atoms with van der Waals surface area (Å²) in [5.74, 6) is 0. The number of aldehydes is 1. The van der Waals surface area contributed by atoms with Gasteiger partial charge in [0, 0.05) is 6.54 Å². The van der Waals surface area contributed by atoms with Crippen molar-refractivity contribution in [2.24, 2.45) is 0 Å². The predicted molar refractivity (Wildman–Crippen MR) is 61.8 cm³/mol. The maximum absolute atomic E-state index is 10.5. The van der Waals surface area contributed by atoms with E-state index in [0.717, 1.165) is 24.4 Å².